The Morgan fingerprint density at radius 1 is 1.50 bits per heavy atom. The summed E-state index contributed by atoms with van der Waals surface area (Å²) in [6, 6.07) is 5.01. The fourth-order valence-corrected chi connectivity index (χ4v) is 3.65. The molecule has 1 heterocycles. The summed E-state index contributed by atoms with van der Waals surface area (Å²) < 4.78 is 14.5. The van der Waals surface area contributed by atoms with Gasteiger partial charge in [-0.05, 0) is 37.8 Å². The number of nitrogen functional groups attached to an aromatic ring is 1. The highest BCUT2D eigenvalue weighted by atomic mass is 32.1. The topological polar surface area (TPSA) is 46.3 Å². The first-order chi connectivity index (χ1) is 9.50. The summed E-state index contributed by atoms with van der Waals surface area (Å²) in [7, 11) is 1.80. The van der Waals surface area contributed by atoms with Gasteiger partial charge in [0.15, 0.2) is 0 Å². The number of benzene rings is 1. The van der Waals surface area contributed by atoms with Crippen molar-refractivity contribution in [3.63, 3.8) is 0 Å². The van der Waals surface area contributed by atoms with E-state index in [1.807, 2.05) is 0 Å². The summed E-state index contributed by atoms with van der Waals surface area (Å²) in [5.74, 6) is 0.118. The van der Waals surface area contributed by atoms with Gasteiger partial charge in [-0.2, -0.15) is 0 Å². The van der Waals surface area contributed by atoms with Crippen LogP contribution >= 0.6 is 11.3 Å². The molecule has 2 N–H and O–H groups in total. The lowest BCUT2D eigenvalue weighted by Crippen LogP contribution is -2.36. The molecule has 20 heavy (non-hydrogen) atoms. The molecule has 3 rings (SSSR count). The average Bonchev–Trinajstić information content (AvgIpc) is 3.21. The van der Waals surface area contributed by atoms with E-state index >= 15 is 0 Å². The predicted molar refractivity (Wildman–Crippen MR) is 80.5 cm³/mol. The Bertz CT molecular complexity index is 678. The van der Waals surface area contributed by atoms with E-state index in [-0.39, 0.29) is 23.5 Å². The molecule has 0 bridgehead atoms. The number of halogens is 1. The van der Waals surface area contributed by atoms with Gasteiger partial charge in [0, 0.05) is 17.8 Å². The molecule has 1 aliphatic rings. The van der Waals surface area contributed by atoms with Crippen LogP contribution < -0.4 is 5.73 Å². The average molecular weight is 292 g/mol. The summed E-state index contributed by atoms with van der Waals surface area (Å²) in [4.78, 5) is 14.7. The highest BCUT2D eigenvalue weighted by Gasteiger charge is 2.34. The van der Waals surface area contributed by atoms with Crippen LogP contribution in [0.15, 0.2) is 18.2 Å². The minimum absolute atomic E-state index is 0.109. The maximum Gasteiger partial charge on any atom is 0.266 e. The van der Waals surface area contributed by atoms with E-state index in [0.717, 1.165) is 4.70 Å². The number of hydrogen-bond donors (Lipinski definition) is 1. The largest absolute Gasteiger partial charge is 0.397 e. The standard InChI is InChI=1S/C15H17FN2OS/c1-8(9-6-7-9)18(2)15(19)14-13(17)12-10(16)4-3-5-11(12)20-14/h3-5,8-9H,6-7,17H2,1-2H3. The van der Waals surface area contributed by atoms with E-state index in [0.29, 0.717) is 16.2 Å². The number of anilines is 1. The van der Waals surface area contributed by atoms with Gasteiger partial charge in [0.05, 0.1) is 11.1 Å². The van der Waals surface area contributed by atoms with Crippen LogP contribution in [0.25, 0.3) is 10.1 Å². The van der Waals surface area contributed by atoms with Crippen molar-refractivity contribution >= 4 is 33.0 Å². The number of amides is 1. The lowest BCUT2D eigenvalue weighted by Gasteiger charge is -2.24. The molecule has 5 heteroatoms. The number of fused-ring (bicyclic) bond motifs is 1. The van der Waals surface area contributed by atoms with Crippen LogP contribution in [-0.4, -0.2) is 23.9 Å². The second-order valence-corrected chi connectivity index (χ2v) is 6.50. The van der Waals surface area contributed by atoms with Gasteiger partial charge < -0.3 is 10.6 Å². The molecule has 3 nitrogen and oxygen atoms in total. The molecule has 106 valence electrons. The minimum atomic E-state index is -0.367. The first-order valence-electron chi connectivity index (χ1n) is 6.74. The molecule has 1 unspecified atom stereocenters. The quantitative estimate of drug-likeness (QED) is 0.941. The van der Waals surface area contributed by atoms with Crippen LogP contribution in [0.4, 0.5) is 10.1 Å². The lowest BCUT2D eigenvalue weighted by atomic mass is 10.1. The number of carbonyl (C=O) groups excluding carboxylic acids is 1. The first kappa shape index (κ1) is 13.4. The molecule has 1 aromatic carbocycles. The third-order valence-corrected chi connectivity index (χ3v) is 5.29. The van der Waals surface area contributed by atoms with E-state index in [1.165, 1.54) is 30.2 Å². The molecule has 0 saturated heterocycles. The predicted octanol–water partition coefficient (Wildman–Crippen LogP) is 3.49. The molecular formula is C15H17FN2OS. The Labute approximate surface area is 121 Å². The van der Waals surface area contributed by atoms with Gasteiger partial charge >= 0.3 is 0 Å². The van der Waals surface area contributed by atoms with Crippen molar-refractivity contribution in [1.82, 2.24) is 4.90 Å². The molecule has 1 saturated carbocycles. The number of nitrogens with zero attached hydrogens (tertiary/aromatic N) is 1. The fourth-order valence-electron chi connectivity index (χ4n) is 2.53. The molecular weight excluding hydrogens is 275 g/mol. The highest BCUT2D eigenvalue weighted by Crippen LogP contribution is 2.38. The zero-order valence-electron chi connectivity index (χ0n) is 11.5. The molecule has 0 radical (unpaired) electrons. The van der Waals surface area contributed by atoms with E-state index in [9.17, 15) is 9.18 Å². The van der Waals surface area contributed by atoms with Gasteiger partial charge in [-0.1, -0.05) is 6.07 Å². The summed E-state index contributed by atoms with van der Waals surface area (Å²) >= 11 is 1.27. The van der Waals surface area contributed by atoms with Crippen molar-refractivity contribution in [2.45, 2.75) is 25.8 Å². The maximum absolute atomic E-state index is 13.8. The Kier molecular flexibility index (Phi) is 3.17. The van der Waals surface area contributed by atoms with Gasteiger partial charge in [0.25, 0.3) is 5.91 Å². The Hall–Kier alpha value is -1.62. The second kappa shape index (κ2) is 4.74. The summed E-state index contributed by atoms with van der Waals surface area (Å²) in [5.41, 5.74) is 6.26. The van der Waals surface area contributed by atoms with Gasteiger partial charge in [-0.15, -0.1) is 11.3 Å². The summed E-state index contributed by atoms with van der Waals surface area (Å²) in [6.07, 6.45) is 2.35. The molecule has 1 aromatic heterocycles. The fraction of sp³-hybridized carbons (Fsp3) is 0.400. The maximum atomic E-state index is 13.8. The normalized spacial score (nSPS) is 16.4. The van der Waals surface area contributed by atoms with Crippen molar-refractivity contribution in [1.29, 1.82) is 0 Å². The summed E-state index contributed by atoms with van der Waals surface area (Å²) in [5, 5.41) is 0.369. The van der Waals surface area contributed by atoms with Crippen LogP contribution in [0.3, 0.4) is 0 Å². The number of rotatable bonds is 3. The van der Waals surface area contributed by atoms with Crippen LogP contribution in [-0.2, 0) is 0 Å². The minimum Gasteiger partial charge on any atom is -0.397 e. The molecule has 0 spiro atoms. The van der Waals surface area contributed by atoms with Crippen molar-refractivity contribution in [3.8, 4) is 0 Å². The molecule has 1 amide bonds. The Morgan fingerprint density at radius 3 is 2.80 bits per heavy atom. The van der Waals surface area contributed by atoms with Gasteiger partial charge in [0.1, 0.15) is 10.7 Å². The Morgan fingerprint density at radius 2 is 2.20 bits per heavy atom. The second-order valence-electron chi connectivity index (χ2n) is 5.45. The van der Waals surface area contributed by atoms with E-state index < -0.39 is 0 Å². The number of carbonyl (C=O) groups is 1. The van der Waals surface area contributed by atoms with Gasteiger partial charge in [0.2, 0.25) is 0 Å². The summed E-state index contributed by atoms with van der Waals surface area (Å²) in [6.45, 7) is 2.06. The Balaban J connectivity index is 1.99. The third-order valence-electron chi connectivity index (χ3n) is 4.13. The third kappa shape index (κ3) is 2.06. The molecule has 0 aliphatic heterocycles. The lowest BCUT2D eigenvalue weighted by molar-refractivity contribution is 0.0733. The van der Waals surface area contributed by atoms with Crippen LogP contribution in [0, 0.1) is 11.7 Å². The van der Waals surface area contributed by atoms with Crippen molar-refractivity contribution in [2.75, 3.05) is 12.8 Å². The molecule has 1 atom stereocenters. The van der Waals surface area contributed by atoms with E-state index in [4.69, 9.17) is 5.73 Å². The molecule has 1 fully saturated rings. The SMILES string of the molecule is CC(C1CC1)N(C)C(=O)c1sc2cccc(F)c2c1N. The smallest absolute Gasteiger partial charge is 0.266 e. The number of hydrogen-bond acceptors (Lipinski definition) is 3. The zero-order valence-corrected chi connectivity index (χ0v) is 12.3. The number of thiophene rings is 1. The van der Waals surface area contributed by atoms with Gasteiger partial charge in [-0.25, -0.2) is 4.39 Å². The van der Waals surface area contributed by atoms with Crippen LogP contribution in [0.5, 0.6) is 0 Å². The highest BCUT2D eigenvalue weighted by molar-refractivity contribution is 7.21. The van der Waals surface area contributed by atoms with Crippen molar-refractivity contribution < 1.29 is 9.18 Å². The van der Waals surface area contributed by atoms with Crippen LogP contribution in [0.2, 0.25) is 0 Å². The zero-order chi connectivity index (χ0) is 14.4. The van der Waals surface area contributed by atoms with Gasteiger partial charge in [-0.3, -0.25) is 4.79 Å². The molecule has 2 aromatic rings. The van der Waals surface area contributed by atoms with E-state index in [2.05, 4.69) is 6.92 Å². The van der Waals surface area contributed by atoms with Crippen LogP contribution in [0.1, 0.15) is 29.4 Å². The van der Waals surface area contributed by atoms with E-state index in [1.54, 1.807) is 24.1 Å². The van der Waals surface area contributed by atoms with Crippen molar-refractivity contribution in [2.24, 2.45) is 5.92 Å². The van der Waals surface area contributed by atoms with Crippen molar-refractivity contribution in [3.05, 3.63) is 28.9 Å². The molecule has 1 aliphatic carbocycles. The monoisotopic (exact) mass is 292 g/mol. The number of nitrogens with two attached hydrogens (primary N) is 1. The first-order valence-corrected chi connectivity index (χ1v) is 7.56.